The second-order valence-corrected chi connectivity index (χ2v) is 5.05. The maximum atomic E-state index is 13.7. The molecule has 2 unspecified atom stereocenters. The molecule has 5 heteroatoms. The van der Waals surface area contributed by atoms with Gasteiger partial charge in [-0.25, -0.2) is 8.78 Å². The van der Waals surface area contributed by atoms with E-state index >= 15 is 0 Å². The lowest BCUT2D eigenvalue weighted by molar-refractivity contribution is 0.170. The number of rotatable bonds is 5. The zero-order valence-corrected chi connectivity index (χ0v) is 12.1. The molecule has 0 amide bonds. The fourth-order valence-corrected chi connectivity index (χ4v) is 2.15. The standard InChI is InChI=1S/C17H16F2N2O/c1-11(15-7-6-14(18)8-16(15)19)21-10-17(22)13-4-2-12(9-20)3-5-13/h2-8,11,17,21-22H,10H2,1H3. The lowest BCUT2D eigenvalue weighted by Gasteiger charge is -2.18. The van der Waals surface area contributed by atoms with E-state index in [0.29, 0.717) is 16.7 Å². The SMILES string of the molecule is CC(NCC(O)c1ccc(C#N)cc1)c1ccc(F)cc1F. The molecule has 2 atom stereocenters. The summed E-state index contributed by atoms with van der Waals surface area (Å²) in [7, 11) is 0. The average Bonchev–Trinajstić information content (AvgIpc) is 2.52. The van der Waals surface area contributed by atoms with Crippen molar-refractivity contribution in [3.63, 3.8) is 0 Å². The molecule has 0 saturated carbocycles. The van der Waals surface area contributed by atoms with Gasteiger partial charge in [-0.05, 0) is 30.7 Å². The smallest absolute Gasteiger partial charge is 0.130 e. The number of benzene rings is 2. The molecule has 0 heterocycles. The molecule has 3 nitrogen and oxygen atoms in total. The molecule has 2 rings (SSSR count). The Balaban J connectivity index is 1.97. The molecule has 0 aromatic heterocycles. The van der Waals surface area contributed by atoms with Gasteiger partial charge in [0.1, 0.15) is 11.6 Å². The van der Waals surface area contributed by atoms with Gasteiger partial charge in [-0.1, -0.05) is 18.2 Å². The minimum atomic E-state index is -0.779. The summed E-state index contributed by atoms with van der Waals surface area (Å²) in [6.45, 7) is 1.95. The molecule has 0 aliphatic rings. The van der Waals surface area contributed by atoms with Gasteiger partial charge in [0.25, 0.3) is 0 Å². The summed E-state index contributed by atoms with van der Waals surface area (Å²) < 4.78 is 26.5. The van der Waals surface area contributed by atoms with E-state index in [2.05, 4.69) is 5.32 Å². The highest BCUT2D eigenvalue weighted by Gasteiger charge is 2.14. The number of nitrogens with one attached hydrogen (secondary N) is 1. The van der Waals surface area contributed by atoms with Gasteiger partial charge in [-0.15, -0.1) is 0 Å². The highest BCUT2D eigenvalue weighted by atomic mass is 19.1. The fourth-order valence-electron chi connectivity index (χ4n) is 2.15. The van der Waals surface area contributed by atoms with E-state index in [1.165, 1.54) is 12.1 Å². The van der Waals surface area contributed by atoms with Crippen LogP contribution < -0.4 is 5.32 Å². The van der Waals surface area contributed by atoms with Crippen LogP contribution in [0.4, 0.5) is 8.78 Å². The van der Waals surface area contributed by atoms with Crippen molar-refractivity contribution >= 4 is 0 Å². The molecular weight excluding hydrogens is 286 g/mol. The van der Waals surface area contributed by atoms with Gasteiger partial charge in [-0.3, -0.25) is 0 Å². The van der Waals surface area contributed by atoms with Crippen LogP contribution >= 0.6 is 0 Å². The number of hydrogen-bond donors (Lipinski definition) is 2. The van der Waals surface area contributed by atoms with E-state index in [-0.39, 0.29) is 12.6 Å². The van der Waals surface area contributed by atoms with Gasteiger partial charge < -0.3 is 10.4 Å². The first-order valence-corrected chi connectivity index (χ1v) is 6.87. The lowest BCUT2D eigenvalue weighted by atomic mass is 10.1. The minimum Gasteiger partial charge on any atom is -0.387 e. The summed E-state index contributed by atoms with van der Waals surface area (Å²) in [4.78, 5) is 0. The van der Waals surface area contributed by atoms with Crippen LogP contribution in [-0.4, -0.2) is 11.7 Å². The second-order valence-electron chi connectivity index (χ2n) is 5.05. The number of aliphatic hydroxyl groups excluding tert-OH is 1. The van der Waals surface area contributed by atoms with Crippen LogP contribution in [-0.2, 0) is 0 Å². The van der Waals surface area contributed by atoms with Gasteiger partial charge in [0.15, 0.2) is 0 Å². The number of hydrogen-bond acceptors (Lipinski definition) is 3. The molecule has 0 radical (unpaired) electrons. The zero-order chi connectivity index (χ0) is 16.1. The van der Waals surface area contributed by atoms with Crippen LogP contribution in [0.2, 0.25) is 0 Å². The minimum absolute atomic E-state index is 0.212. The van der Waals surface area contributed by atoms with Crippen molar-refractivity contribution in [3.8, 4) is 6.07 Å². The molecular formula is C17H16F2N2O. The van der Waals surface area contributed by atoms with Crippen molar-refractivity contribution in [2.75, 3.05) is 6.54 Å². The van der Waals surface area contributed by atoms with Crippen molar-refractivity contribution in [3.05, 3.63) is 70.8 Å². The Bertz CT molecular complexity index is 680. The Hall–Kier alpha value is -2.29. The van der Waals surface area contributed by atoms with E-state index in [1.807, 2.05) is 6.07 Å². The zero-order valence-electron chi connectivity index (χ0n) is 12.1. The Kier molecular flexibility index (Phi) is 5.21. The quantitative estimate of drug-likeness (QED) is 0.891. The third kappa shape index (κ3) is 3.88. The van der Waals surface area contributed by atoms with Crippen LogP contribution in [0.1, 0.15) is 35.8 Å². The highest BCUT2D eigenvalue weighted by Crippen LogP contribution is 2.19. The summed E-state index contributed by atoms with van der Waals surface area (Å²) in [6.07, 6.45) is -0.779. The largest absolute Gasteiger partial charge is 0.387 e. The Morgan fingerprint density at radius 1 is 1.18 bits per heavy atom. The maximum absolute atomic E-state index is 13.7. The molecule has 0 fully saturated rings. The monoisotopic (exact) mass is 302 g/mol. The van der Waals surface area contributed by atoms with Crippen molar-refractivity contribution in [2.45, 2.75) is 19.1 Å². The van der Waals surface area contributed by atoms with Crippen LogP contribution in [0.5, 0.6) is 0 Å². The number of halogens is 2. The van der Waals surface area contributed by atoms with Crippen LogP contribution in [0, 0.1) is 23.0 Å². The molecule has 0 aliphatic carbocycles. The molecule has 22 heavy (non-hydrogen) atoms. The molecule has 0 aliphatic heterocycles. The Morgan fingerprint density at radius 2 is 1.86 bits per heavy atom. The highest BCUT2D eigenvalue weighted by molar-refractivity contribution is 5.32. The third-order valence-corrected chi connectivity index (χ3v) is 3.47. The summed E-state index contributed by atoms with van der Waals surface area (Å²) in [5.41, 5.74) is 1.53. The average molecular weight is 302 g/mol. The lowest BCUT2D eigenvalue weighted by Crippen LogP contribution is -2.25. The van der Waals surface area contributed by atoms with Gasteiger partial charge in [0, 0.05) is 24.2 Å². The fraction of sp³-hybridized carbons (Fsp3) is 0.235. The number of nitrogens with zero attached hydrogens (tertiary/aromatic N) is 1. The summed E-state index contributed by atoms with van der Waals surface area (Å²) in [6, 6.07) is 11.7. The Morgan fingerprint density at radius 3 is 2.45 bits per heavy atom. The summed E-state index contributed by atoms with van der Waals surface area (Å²) in [5.74, 6) is -1.24. The first-order chi connectivity index (χ1) is 10.5. The van der Waals surface area contributed by atoms with Crippen molar-refractivity contribution in [1.82, 2.24) is 5.32 Å². The van der Waals surface area contributed by atoms with E-state index in [0.717, 1.165) is 6.07 Å². The molecule has 2 aromatic rings. The maximum Gasteiger partial charge on any atom is 0.130 e. The third-order valence-electron chi connectivity index (χ3n) is 3.47. The van der Waals surface area contributed by atoms with Crippen molar-refractivity contribution in [2.24, 2.45) is 0 Å². The predicted octanol–water partition coefficient (Wildman–Crippen LogP) is 3.22. The molecule has 2 N–H and O–H groups in total. The van der Waals surface area contributed by atoms with E-state index < -0.39 is 17.7 Å². The first-order valence-electron chi connectivity index (χ1n) is 6.87. The van der Waals surface area contributed by atoms with Crippen molar-refractivity contribution < 1.29 is 13.9 Å². The molecule has 114 valence electrons. The summed E-state index contributed by atoms with van der Waals surface area (Å²) >= 11 is 0. The van der Waals surface area contributed by atoms with Crippen LogP contribution in [0.3, 0.4) is 0 Å². The van der Waals surface area contributed by atoms with Gasteiger partial charge in [0.2, 0.25) is 0 Å². The molecule has 0 spiro atoms. The topological polar surface area (TPSA) is 56.0 Å². The Labute approximate surface area is 127 Å². The van der Waals surface area contributed by atoms with E-state index in [9.17, 15) is 13.9 Å². The molecule has 0 saturated heterocycles. The second kappa shape index (κ2) is 7.12. The van der Waals surface area contributed by atoms with Crippen LogP contribution in [0.15, 0.2) is 42.5 Å². The van der Waals surface area contributed by atoms with Gasteiger partial charge in [-0.2, -0.15) is 5.26 Å². The first kappa shape index (κ1) is 16.1. The van der Waals surface area contributed by atoms with E-state index in [4.69, 9.17) is 5.26 Å². The molecule has 0 bridgehead atoms. The normalized spacial score (nSPS) is 13.4. The van der Waals surface area contributed by atoms with Gasteiger partial charge >= 0.3 is 0 Å². The van der Waals surface area contributed by atoms with Crippen LogP contribution in [0.25, 0.3) is 0 Å². The molecule has 2 aromatic carbocycles. The number of nitriles is 1. The van der Waals surface area contributed by atoms with E-state index in [1.54, 1.807) is 31.2 Å². The summed E-state index contributed by atoms with van der Waals surface area (Å²) in [5, 5.41) is 21.8. The number of aliphatic hydroxyl groups is 1. The van der Waals surface area contributed by atoms with Crippen molar-refractivity contribution in [1.29, 1.82) is 5.26 Å². The van der Waals surface area contributed by atoms with Gasteiger partial charge in [0.05, 0.1) is 17.7 Å². The predicted molar refractivity (Wildman–Crippen MR) is 78.9 cm³/mol.